The van der Waals surface area contributed by atoms with E-state index in [9.17, 15) is 5.26 Å². The summed E-state index contributed by atoms with van der Waals surface area (Å²) in [6.45, 7) is 6.17. The fourth-order valence-electron chi connectivity index (χ4n) is 2.77. The topological polar surface area (TPSA) is 61.6 Å². The molecular formula is C15H22N4S. The van der Waals surface area contributed by atoms with Crippen LogP contribution in [-0.2, 0) is 0 Å². The molecule has 1 fully saturated rings. The van der Waals surface area contributed by atoms with E-state index in [4.69, 9.17) is 0 Å². The fourth-order valence-corrected chi connectivity index (χ4v) is 4.04. The van der Waals surface area contributed by atoms with Gasteiger partial charge >= 0.3 is 0 Å². The minimum absolute atomic E-state index is 0.327. The molecule has 0 amide bonds. The van der Waals surface area contributed by atoms with Gasteiger partial charge in [0, 0.05) is 23.2 Å². The summed E-state index contributed by atoms with van der Waals surface area (Å²) in [7, 11) is 0. The van der Waals surface area contributed by atoms with Gasteiger partial charge in [-0.2, -0.15) is 5.26 Å². The Morgan fingerprint density at radius 3 is 3.00 bits per heavy atom. The van der Waals surface area contributed by atoms with Gasteiger partial charge in [0.25, 0.3) is 0 Å². The summed E-state index contributed by atoms with van der Waals surface area (Å²) >= 11 is 1.71. The van der Waals surface area contributed by atoms with Crippen molar-refractivity contribution in [2.75, 3.05) is 0 Å². The van der Waals surface area contributed by atoms with Crippen molar-refractivity contribution in [1.82, 2.24) is 15.3 Å². The van der Waals surface area contributed by atoms with Gasteiger partial charge in [-0.3, -0.25) is 5.32 Å². The van der Waals surface area contributed by atoms with Crippen LogP contribution in [0.15, 0.2) is 17.4 Å². The highest BCUT2D eigenvalue weighted by Gasteiger charge is 2.37. The third-order valence-corrected chi connectivity index (χ3v) is 4.67. The summed E-state index contributed by atoms with van der Waals surface area (Å²) in [6, 6.07) is 4.75. The number of hydrogen-bond acceptors (Lipinski definition) is 5. The molecule has 1 aromatic heterocycles. The molecular weight excluding hydrogens is 268 g/mol. The minimum Gasteiger partial charge on any atom is -0.297 e. The predicted molar refractivity (Wildman–Crippen MR) is 81.5 cm³/mol. The number of thioether (sulfide) groups is 1. The van der Waals surface area contributed by atoms with E-state index in [0.29, 0.717) is 11.3 Å². The Morgan fingerprint density at radius 1 is 1.55 bits per heavy atom. The number of aromatic nitrogens is 2. The van der Waals surface area contributed by atoms with Crippen LogP contribution in [0, 0.1) is 18.3 Å². The molecule has 4 nitrogen and oxygen atoms in total. The monoisotopic (exact) mass is 290 g/mol. The van der Waals surface area contributed by atoms with E-state index < -0.39 is 0 Å². The highest BCUT2D eigenvalue weighted by molar-refractivity contribution is 7.99. The van der Waals surface area contributed by atoms with Crippen molar-refractivity contribution in [2.24, 2.45) is 0 Å². The molecule has 1 aliphatic carbocycles. The standard InChI is InChI=1S/C15H22N4S/c1-11(2)19-15(10-16)7-4-5-13(9-15)20-14-17-8-6-12(3)18-14/h6,8,11,13,19H,4-5,7,9H2,1-3H3. The summed E-state index contributed by atoms with van der Waals surface area (Å²) in [5.41, 5.74) is 0.610. The second kappa shape index (κ2) is 6.55. The molecule has 0 spiro atoms. The van der Waals surface area contributed by atoms with Gasteiger partial charge in [0.1, 0.15) is 5.54 Å². The summed E-state index contributed by atoms with van der Waals surface area (Å²) in [6.07, 6.45) is 5.82. The molecule has 1 aromatic rings. The van der Waals surface area contributed by atoms with Gasteiger partial charge in [0.05, 0.1) is 6.07 Å². The minimum atomic E-state index is -0.381. The van der Waals surface area contributed by atoms with Gasteiger partial charge in [-0.1, -0.05) is 11.8 Å². The Morgan fingerprint density at radius 2 is 2.35 bits per heavy atom. The predicted octanol–water partition coefficient (Wildman–Crippen LogP) is 3.08. The van der Waals surface area contributed by atoms with Crippen LogP contribution in [0.5, 0.6) is 0 Å². The Bertz CT molecular complexity index is 497. The van der Waals surface area contributed by atoms with Crippen molar-refractivity contribution in [3.63, 3.8) is 0 Å². The maximum atomic E-state index is 9.57. The molecule has 1 saturated carbocycles. The molecule has 0 aromatic carbocycles. The Balaban J connectivity index is 2.05. The summed E-state index contributed by atoms with van der Waals surface area (Å²) in [5, 5.41) is 14.3. The molecule has 0 radical (unpaired) electrons. The average Bonchev–Trinajstić information content (AvgIpc) is 2.38. The second-order valence-corrected chi connectivity index (χ2v) is 7.08. The van der Waals surface area contributed by atoms with Crippen LogP contribution in [0.1, 0.15) is 45.2 Å². The number of aryl methyl sites for hydroxylation is 1. The molecule has 20 heavy (non-hydrogen) atoms. The molecule has 5 heteroatoms. The van der Waals surface area contributed by atoms with E-state index in [1.54, 1.807) is 18.0 Å². The molecule has 2 unspecified atom stereocenters. The maximum absolute atomic E-state index is 9.57. The van der Waals surface area contributed by atoms with Crippen LogP contribution >= 0.6 is 11.8 Å². The lowest BCUT2D eigenvalue weighted by Crippen LogP contribution is -2.51. The van der Waals surface area contributed by atoms with E-state index in [-0.39, 0.29) is 5.54 Å². The molecule has 1 heterocycles. The van der Waals surface area contributed by atoms with E-state index >= 15 is 0 Å². The smallest absolute Gasteiger partial charge is 0.187 e. The van der Waals surface area contributed by atoms with Gasteiger partial charge < -0.3 is 0 Å². The SMILES string of the molecule is Cc1ccnc(SC2CCCC(C#N)(NC(C)C)C2)n1. The summed E-state index contributed by atoms with van der Waals surface area (Å²) < 4.78 is 0. The lowest BCUT2D eigenvalue weighted by Gasteiger charge is -2.37. The third-order valence-electron chi connectivity index (χ3n) is 3.53. The van der Waals surface area contributed by atoms with Crippen LogP contribution in [-0.4, -0.2) is 26.8 Å². The summed E-state index contributed by atoms with van der Waals surface area (Å²) in [5.74, 6) is 0. The van der Waals surface area contributed by atoms with E-state index in [2.05, 4.69) is 35.2 Å². The van der Waals surface area contributed by atoms with Crippen LogP contribution in [0.2, 0.25) is 0 Å². The number of hydrogen-bond donors (Lipinski definition) is 1. The number of nitriles is 1. The number of nitrogens with one attached hydrogen (secondary N) is 1. The van der Waals surface area contributed by atoms with E-state index in [0.717, 1.165) is 36.5 Å². The van der Waals surface area contributed by atoms with Crippen molar-refractivity contribution >= 4 is 11.8 Å². The van der Waals surface area contributed by atoms with Crippen molar-refractivity contribution in [3.8, 4) is 6.07 Å². The van der Waals surface area contributed by atoms with Crippen LogP contribution in [0.25, 0.3) is 0 Å². The maximum Gasteiger partial charge on any atom is 0.187 e. The zero-order valence-corrected chi connectivity index (χ0v) is 13.2. The normalized spacial score (nSPS) is 26.4. The van der Waals surface area contributed by atoms with E-state index in [1.165, 1.54) is 0 Å². The quantitative estimate of drug-likeness (QED) is 0.863. The van der Waals surface area contributed by atoms with Crippen LogP contribution in [0.3, 0.4) is 0 Å². The first kappa shape index (κ1) is 15.3. The molecule has 0 saturated heterocycles. The molecule has 0 aliphatic heterocycles. The van der Waals surface area contributed by atoms with Crippen molar-refractivity contribution in [2.45, 2.75) is 68.4 Å². The van der Waals surface area contributed by atoms with Crippen LogP contribution in [0.4, 0.5) is 0 Å². The summed E-state index contributed by atoms with van der Waals surface area (Å²) in [4.78, 5) is 8.77. The van der Waals surface area contributed by atoms with Crippen molar-refractivity contribution in [1.29, 1.82) is 5.26 Å². The Hall–Kier alpha value is -1.12. The molecule has 1 N–H and O–H groups in total. The van der Waals surface area contributed by atoms with Crippen molar-refractivity contribution < 1.29 is 0 Å². The second-order valence-electron chi connectivity index (χ2n) is 5.81. The van der Waals surface area contributed by atoms with Gasteiger partial charge in [0.15, 0.2) is 5.16 Å². The van der Waals surface area contributed by atoms with Gasteiger partial charge in [-0.15, -0.1) is 0 Å². The van der Waals surface area contributed by atoms with Crippen molar-refractivity contribution in [3.05, 3.63) is 18.0 Å². The molecule has 108 valence electrons. The first-order valence-electron chi connectivity index (χ1n) is 7.18. The van der Waals surface area contributed by atoms with Gasteiger partial charge in [-0.05, 0) is 52.5 Å². The highest BCUT2D eigenvalue weighted by Crippen LogP contribution is 2.37. The fraction of sp³-hybridized carbons (Fsp3) is 0.667. The highest BCUT2D eigenvalue weighted by atomic mass is 32.2. The van der Waals surface area contributed by atoms with Crippen LogP contribution < -0.4 is 5.32 Å². The molecule has 2 atom stereocenters. The zero-order chi connectivity index (χ0) is 14.6. The first-order valence-corrected chi connectivity index (χ1v) is 8.06. The number of rotatable bonds is 4. The number of nitrogens with zero attached hydrogens (tertiary/aromatic N) is 3. The lowest BCUT2D eigenvalue weighted by atomic mass is 9.82. The molecule has 1 aliphatic rings. The molecule has 2 rings (SSSR count). The van der Waals surface area contributed by atoms with Gasteiger partial charge in [-0.25, -0.2) is 9.97 Å². The molecule has 0 bridgehead atoms. The average molecular weight is 290 g/mol. The van der Waals surface area contributed by atoms with Gasteiger partial charge in [0.2, 0.25) is 0 Å². The largest absolute Gasteiger partial charge is 0.297 e. The van der Waals surface area contributed by atoms with E-state index in [1.807, 2.05) is 13.0 Å². The Kier molecular flexibility index (Phi) is 5.00. The third kappa shape index (κ3) is 3.94. The first-order chi connectivity index (χ1) is 9.53. The lowest BCUT2D eigenvalue weighted by molar-refractivity contribution is 0.284. The zero-order valence-electron chi connectivity index (χ0n) is 12.4. The Labute approximate surface area is 125 Å².